The molecule has 0 saturated heterocycles. The van der Waals surface area contributed by atoms with Crippen molar-refractivity contribution in [3.05, 3.63) is 59.7 Å². The van der Waals surface area contributed by atoms with Gasteiger partial charge in [-0.25, -0.2) is 9.59 Å². The van der Waals surface area contributed by atoms with Crippen LogP contribution in [0.5, 0.6) is 11.5 Å². The second kappa shape index (κ2) is 5.22. The molecule has 5 nitrogen and oxygen atoms in total. The number of rotatable bonds is 2. The zero-order valence-corrected chi connectivity index (χ0v) is 9.74. The summed E-state index contributed by atoms with van der Waals surface area (Å²) in [6.07, 6.45) is 0. The van der Waals surface area contributed by atoms with E-state index in [1.54, 1.807) is 12.1 Å². The Morgan fingerprint density at radius 2 is 1.47 bits per heavy atom. The number of esters is 2. The largest absolute Gasteiger partial charge is 0.508 e. The number of hydrogen-bond acceptors (Lipinski definition) is 5. The van der Waals surface area contributed by atoms with Crippen LogP contribution in [-0.2, 0) is 4.74 Å². The summed E-state index contributed by atoms with van der Waals surface area (Å²) < 4.78 is 4.62. The lowest BCUT2D eigenvalue weighted by atomic mass is 10.2. The molecule has 0 heterocycles. The van der Waals surface area contributed by atoms with Gasteiger partial charge < -0.3 is 14.9 Å². The quantitative estimate of drug-likeness (QED) is 0.636. The van der Waals surface area contributed by atoms with E-state index in [1.165, 1.54) is 36.4 Å². The van der Waals surface area contributed by atoms with Gasteiger partial charge in [-0.1, -0.05) is 12.1 Å². The second-order valence-electron chi connectivity index (χ2n) is 3.74. The first-order valence-corrected chi connectivity index (χ1v) is 5.41. The summed E-state index contributed by atoms with van der Waals surface area (Å²) in [5.74, 6) is -2.04. The van der Waals surface area contributed by atoms with Crippen molar-refractivity contribution >= 4 is 11.9 Å². The standard InChI is InChI=1S/C14H10O5/c15-10-7-5-9(6-8-10)13(17)19-14(18)11-3-1-2-4-12(11)16/h1-8,15-16H. The van der Waals surface area contributed by atoms with Gasteiger partial charge in [0.25, 0.3) is 0 Å². The van der Waals surface area contributed by atoms with Crippen LogP contribution in [0.3, 0.4) is 0 Å². The van der Waals surface area contributed by atoms with Crippen LogP contribution in [0.15, 0.2) is 48.5 Å². The molecule has 96 valence electrons. The van der Waals surface area contributed by atoms with Gasteiger partial charge in [-0.2, -0.15) is 0 Å². The van der Waals surface area contributed by atoms with Crippen molar-refractivity contribution in [2.45, 2.75) is 0 Å². The topological polar surface area (TPSA) is 83.8 Å². The first kappa shape index (κ1) is 12.6. The minimum Gasteiger partial charge on any atom is -0.508 e. The Balaban J connectivity index is 2.13. The van der Waals surface area contributed by atoms with Crippen molar-refractivity contribution in [3.63, 3.8) is 0 Å². The van der Waals surface area contributed by atoms with Crippen LogP contribution in [0.25, 0.3) is 0 Å². The van der Waals surface area contributed by atoms with Gasteiger partial charge in [-0.3, -0.25) is 0 Å². The number of benzene rings is 2. The number of hydrogen-bond donors (Lipinski definition) is 2. The molecule has 0 spiro atoms. The minimum absolute atomic E-state index is 0.00332. The summed E-state index contributed by atoms with van der Waals surface area (Å²) in [5, 5.41) is 18.5. The maximum atomic E-state index is 11.7. The Morgan fingerprint density at radius 3 is 2.11 bits per heavy atom. The normalized spacial score (nSPS) is 9.89. The lowest BCUT2D eigenvalue weighted by molar-refractivity contribution is 0.0396. The Bertz CT molecular complexity index is 616. The molecule has 0 atom stereocenters. The SMILES string of the molecule is O=C(OC(=O)c1ccccc1O)c1ccc(O)cc1. The van der Waals surface area contributed by atoms with Crippen molar-refractivity contribution < 1.29 is 24.5 Å². The molecule has 19 heavy (non-hydrogen) atoms. The summed E-state index contributed by atoms with van der Waals surface area (Å²) in [7, 11) is 0. The Labute approximate surface area is 108 Å². The number of para-hydroxylation sites is 1. The monoisotopic (exact) mass is 258 g/mol. The highest BCUT2D eigenvalue weighted by molar-refractivity contribution is 6.03. The van der Waals surface area contributed by atoms with Crippen LogP contribution in [0.4, 0.5) is 0 Å². The Kier molecular flexibility index (Phi) is 3.47. The van der Waals surface area contributed by atoms with E-state index >= 15 is 0 Å². The van der Waals surface area contributed by atoms with E-state index in [0.29, 0.717) is 0 Å². The summed E-state index contributed by atoms with van der Waals surface area (Å²) in [6.45, 7) is 0. The molecule has 0 saturated carbocycles. The smallest absolute Gasteiger partial charge is 0.349 e. The van der Waals surface area contributed by atoms with Gasteiger partial charge in [-0.05, 0) is 36.4 Å². The molecular weight excluding hydrogens is 248 g/mol. The van der Waals surface area contributed by atoms with Crippen LogP contribution in [0.2, 0.25) is 0 Å². The van der Waals surface area contributed by atoms with Gasteiger partial charge in [0.1, 0.15) is 17.1 Å². The predicted molar refractivity (Wildman–Crippen MR) is 66.0 cm³/mol. The second-order valence-corrected chi connectivity index (χ2v) is 3.74. The van der Waals surface area contributed by atoms with Gasteiger partial charge in [0.15, 0.2) is 0 Å². The van der Waals surface area contributed by atoms with Gasteiger partial charge in [-0.15, -0.1) is 0 Å². The van der Waals surface area contributed by atoms with E-state index in [0.717, 1.165) is 0 Å². The van der Waals surface area contributed by atoms with Crippen molar-refractivity contribution in [1.29, 1.82) is 0 Å². The Hall–Kier alpha value is -2.82. The first-order chi connectivity index (χ1) is 9.08. The van der Waals surface area contributed by atoms with Crippen LogP contribution in [0, 0.1) is 0 Å². The van der Waals surface area contributed by atoms with Crippen molar-refractivity contribution in [2.75, 3.05) is 0 Å². The van der Waals surface area contributed by atoms with Crippen LogP contribution < -0.4 is 0 Å². The molecule has 0 radical (unpaired) electrons. The van der Waals surface area contributed by atoms with Gasteiger partial charge >= 0.3 is 11.9 Å². The van der Waals surface area contributed by atoms with Crippen molar-refractivity contribution in [1.82, 2.24) is 0 Å². The summed E-state index contributed by atoms with van der Waals surface area (Å²) in [4.78, 5) is 23.3. The third-order valence-electron chi connectivity index (χ3n) is 2.41. The lowest BCUT2D eigenvalue weighted by Gasteiger charge is -2.04. The molecular formula is C14H10O5. The highest BCUT2D eigenvalue weighted by Crippen LogP contribution is 2.18. The van der Waals surface area contributed by atoms with E-state index in [2.05, 4.69) is 4.74 Å². The number of aromatic hydroxyl groups is 2. The van der Waals surface area contributed by atoms with Gasteiger partial charge in [0.05, 0.1) is 5.56 Å². The molecule has 0 unspecified atom stereocenters. The van der Waals surface area contributed by atoms with Crippen molar-refractivity contribution in [2.24, 2.45) is 0 Å². The van der Waals surface area contributed by atoms with E-state index < -0.39 is 11.9 Å². The number of carbonyl (C=O) groups excluding carboxylic acids is 2. The van der Waals surface area contributed by atoms with E-state index in [1.807, 2.05) is 0 Å². The van der Waals surface area contributed by atoms with Gasteiger partial charge in [0.2, 0.25) is 0 Å². The molecule has 2 rings (SSSR count). The molecule has 0 fully saturated rings. The molecule has 0 aromatic heterocycles. The molecule has 2 N–H and O–H groups in total. The fourth-order valence-corrected chi connectivity index (χ4v) is 1.44. The molecule has 0 aliphatic rings. The highest BCUT2D eigenvalue weighted by atomic mass is 16.6. The van der Waals surface area contributed by atoms with Gasteiger partial charge in [0, 0.05) is 0 Å². The summed E-state index contributed by atoms with van der Waals surface area (Å²) in [6, 6.07) is 11.0. The maximum absolute atomic E-state index is 11.7. The molecule has 2 aromatic rings. The minimum atomic E-state index is -0.934. The molecule has 0 amide bonds. The highest BCUT2D eigenvalue weighted by Gasteiger charge is 2.17. The average molecular weight is 258 g/mol. The lowest BCUT2D eigenvalue weighted by Crippen LogP contribution is -2.12. The van der Waals surface area contributed by atoms with E-state index in [9.17, 15) is 14.7 Å². The van der Waals surface area contributed by atoms with E-state index in [-0.39, 0.29) is 22.6 Å². The number of ether oxygens (including phenoxy) is 1. The fourth-order valence-electron chi connectivity index (χ4n) is 1.44. The molecule has 0 aliphatic carbocycles. The molecule has 2 aromatic carbocycles. The molecule has 0 aliphatic heterocycles. The number of carbonyl (C=O) groups is 2. The first-order valence-electron chi connectivity index (χ1n) is 5.41. The zero-order chi connectivity index (χ0) is 13.8. The molecule has 5 heteroatoms. The third kappa shape index (κ3) is 2.90. The molecule has 0 bridgehead atoms. The summed E-state index contributed by atoms with van der Waals surface area (Å²) >= 11 is 0. The van der Waals surface area contributed by atoms with Crippen LogP contribution >= 0.6 is 0 Å². The zero-order valence-electron chi connectivity index (χ0n) is 9.74. The summed E-state index contributed by atoms with van der Waals surface area (Å²) in [5.41, 5.74) is 0.0381. The van der Waals surface area contributed by atoms with Crippen LogP contribution in [0.1, 0.15) is 20.7 Å². The number of phenolic OH excluding ortho intramolecular Hbond substituents is 2. The average Bonchev–Trinajstić information content (AvgIpc) is 2.39. The number of phenols is 2. The maximum Gasteiger partial charge on any atom is 0.349 e. The van der Waals surface area contributed by atoms with Crippen LogP contribution in [-0.4, -0.2) is 22.2 Å². The van der Waals surface area contributed by atoms with E-state index in [4.69, 9.17) is 5.11 Å². The van der Waals surface area contributed by atoms with Crippen molar-refractivity contribution in [3.8, 4) is 11.5 Å². The third-order valence-corrected chi connectivity index (χ3v) is 2.41. The Morgan fingerprint density at radius 1 is 0.842 bits per heavy atom. The predicted octanol–water partition coefficient (Wildman–Crippen LogP) is 2.09. The fraction of sp³-hybridized carbons (Fsp3) is 0.